The molecule has 0 unspecified atom stereocenters. The summed E-state index contributed by atoms with van der Waals surface area (Å²) < 4.78 is 0.951. The van der Waals surface area contributed by atoms with Crippen LogP contribution in [0.1, 0.15) is 6.42 Å². The summed E-state index contributed by atoms with van der Waals surface area (Å²) >= 11 is 2.46. The fraction of sp³-hybridized carbons (Fsp3) is 0.500. The molecule has 0 aliphatic heterocycles. The highest BCUT2D eigenvalue weighted by atomic mass is 127. The lowest BCUT2D eigenvalue weighted by molar-refractivity contribution is 1.23. The number of halogens is 1. The van der Waals surface area contributed by atoms with Gasteiger partial charge in [0.2, 0.25) is 0 Å². The lowest BCUT2D eigenvalue weighted by Gasteiger charge is -1.87. The zero-order chi connectivity index (χ0) is 3.44. The van der Waals surface area contributed by atoms with Crippen LogP contribution in [0.4, 0.5) is 0 Å². The van der Waals surface area contributed by atoms with E-state index in [4.69, 9.17) is 0 Å². The van der Waals surface area contributed by atoms with E-state index >= 15 is 0 Å². The van der Waals surface area contributed by atoms with Gasteiger partial charge in [0.15, 0.2) is 0 Å². The van der Waals surface area contributed by atoms with Crippen LogP contribution in [0.3, 0.4) is 0 Å². The van der Waals surface area contributed by atoms with Gasteiger partial charge in [-0.05, 0) is 17.6 Å². The molecule has 0 spiro atoms. The smallest absolute Gasteiger partial charge is 0.0541 e. The molecule has 2 aliphatic carbocycles. The molecule has 5 heavy (non-hydrogen) atoms. The first kappa shape index (κ1) is 2.61. The molecule has 0 fully saturated rings. The topological polar surface area (TPSA) is 0 Å². The molecular formula is C4H3I. The van der Waals surface area contributed by atoms with E-state index < -0.39 is 0 Å². The molecule has 0 aromatic heterocycles. The van der Waals surface area contributed by atoms with Crippen LogP contribution in [0.5, 0.6) is 0 Å². The third kappa shape index (κ3) is 0.175. The zero-order valence-corrected chi connectivity index (χ0v) is 4.82. The van der Waals surface area contributed by atoms with E-state index in [0.717, 1.165) is 3.92 Å². The van der Waals surface area contributed by atoms with Crippen LogP contribution in [0.25, 0.3) is 0 Å². The Bertz CT molecular complexity index is 101. The lowest BCUT2D eigenvalue weighted by Crippen LogP contribution is -1.80. The van der Waals surface area contributed by atoms with Gasteiger partial charge < -0.3 is 0 Å². The van der Waals surface area contributed by atoms with Crippen LogP contribution in [0.15, 0.2) is 11.1 Å². The quantitative estimate of drug-likeness (QED) is 0.299. The summed E-state index contributed by atoms with van der Waals surface area (Å²) in [6, 6.07) is 0. The van der Waals surface area contributed by atoms with E-state index in [9.17, 15) is 0 Å². The molecule has 0 aromatic rings. The molecule has 0 atom stereocenters. The van der Waals surface area contributed by atoms with Crippen LogP contribution in [-0.2, 0) is 0 Å². The summed E-state index contributed by atoms with van der Waals surface area (Å²) in [5, 5.41) is 0. The van der Waals surface area contributed by atoms with Gasteiger partial charge in [0.25, 0.3) is 0 Å². The third-order valence-electron chi connectivity index (χ3n) is 1.20. The van der Waals surface area contributed by atoms with E-state index in [1.54, 1.807) is 11.1 Å². The van der Waals surface area contributed by atoms with E-state index in [1.807, 2.05) is 0 Å². The van der Waals surface area contributed by atoms with Crippen molar-refractivity contribution in [3.8, 4) is 0 Å². The van der Waals surface area contributed by atoms with Crippen LogP contribution in [0, 0.1) is 0 Å². The van der Waals surface area contributed by atoms with E-state index in [1.165, 1.54) is 6.42 Å². The van der Waals surface area contributed by atoms with Gasteiger partial charge in [0.1, 0.15) is 0 Å². The maximum atomic E-state index is 2.46. The average molecular weight is 178 g/mol. The van der Waals surface area contributed by atoms with Gasteiger partial charge in [0, 0.05) is 0 Å². The average Bonchev–Trinajstić information content (AvgIpc) is 2.11. The second-order valence-electron chi connectivity index (χ2n) is 1.59. The Balaban J connectivity index is 2.32. The highest BCUT2D eigenvalue weighted by Gasteiger charge is 2.46. The van der Waals surface area contributed by atoms with Gasteiger partial charge in [-0.15, -0.1) is 0 Å². The third-order valence-corrected chi connectivity index (χ3v) is 2.70. The first-order valence-electron chi connectivity index (χ1n) is 1.75. The number of allylic oxidation sites excluding steroid dienone is 2. The molecule has 0 radical (unpaired) electrons. The van der Waals surface area contributed by atoms with Gasteiger partial charge in [-0.3, -0.25) is 0 Å². The zero-order valence-electron chi connectivity index (χ0n) is 2.66. The summed E-state index contributed by atoms with van der Waals surface area (Å²) in [7, 11) is 0. The molecule has 2 rings (SSSR count). The first-order valence-corrected chi connectivity index (χ1v) is 3.00. The number of hydrogen-bond acceptors (Lipinski definition) is 0. The van der Waals surface area contributed by atoms with Crippen molar-refractivity contribution in [1.82, 2.24) is 0 Å². The molecule has 0 aromatic carbocycles. The van der Waals surface area contributed by atoms with Gasteiger partial charge in [-0.1, -0.05) is 22.6 Å². The van der Waals surface area contributed by atoms with Crippen molar-refractivity contribution in [2.45, 2.75) is 10.3 Å². The van der Waals surface area contributed by atoms with E-state index in [2.05, 4.69) is 22.6 Å². The van der Waals surface area contributed by atoms with Crippen LogP contribution < -0.4 is 0 Å². The minimum absolute atomic E-state index is 0.951. The largest absolute Gasteiger partial charge is 0.0729 e. The summed E-state index contributed by atoms with van der Waals surface area (Å²) in [6.07, 6.45) is 1.40. The standard InChI is InChI=1S/C4H3I/c5-4-2-1-3(2)4/h4H,1H2. The normalized spacial score (nSPS) is 30.6. The molecule has 0 amide bonds. The van der Waals surface area contributed by atoms with Gasteiger partial charge in [-0.2, -0.15) is 0 Å². The van der Waals surface area contributed by atoms with Crippen molar-refractivity contribution >= 4 is 22.6 Å². The van der Waals surface area contributed by atoms with Gasteiger partial charge in [0.05, 0.1) is 3.92 Å². The molecule has 0 saturated carbocycles. The van der Waals surface area contributed by atoms with Crippen LogP contribution in [0.2, 0.25) is 0 Å². The second kappa shape index (κ2) is 0.491. The Kier molecular flexibility index (Phi) is 0.256. The molecule has 2 aliphatic rings. The minimum atomic E-state index is 0.951. The van der Waals surface area contributed by atoms with Crippen molar-refractivity contribution in [1.29, 1.82) is 0 Å². The SMILES string of the molecule is IC1C2=C1C2. The van der Waals surface area contributed by atoms with E-state index in [0.29, 0.717) is 0 Å². The fourth-order valence-corrected chi connectivity index (χ4v) is 1.55. The van der Waals surface area contributed by atoms with Crippen molar-refractivity contribution in [3.63, 3.8) is 0 Å². The van der Waals surface area contributed by atoms with Crippen LogP contribution in [-0.4, -0.2) is 3.92 Å². The fourth-order valence-electron chi connectivity index (χ4n) is 0.492. The van der Waals surface area contributed by atoms with E-state index in [-0.39, 0.29) is 0 Å². The predicted molar refractivity (Wildman–Crippen MR) is 29.5 cm³/mol. The summed E-state index contributed by atoms with van der Waals surface area (Å²) in [6.45, 7) is 0. The Morgan fingerprint density at radius 1 is 1.60 bits per heavy atom. The van der Waals surface area contributed by atoms with Crippen molar-refractivity contribution in [2.75, 3.05) is 0 Å². The molecule has 26 valence electrons. The van der Waals surface area contributed by atoms with Gasteiger partial charge >= 0.3 is 0 Å². The van der Waals surface area contributed by atoms with Crippen molar-refractivity contribution < 1.29 is 0 Å². The number of alkyl halides is 1. The summed E-state index contributed by atoms with van der Waals surface area (Å²) in [5.41, 5.74) is 3.48. The molecule has 1 heteroatoms. The van der Waals surface area contributed by atoms with Crippen molar-refractivity contribution in [3.05, 3.63) is 11.1 Å². The maximum Gasteiger partial charge on any atom is 0.0541 e. The van der Waals surface area contributed by atoms with Crippen molar-refractivity contribution in [2.24, 2.45) is 0 Å². The predicted octanol–water partition coefficient (Wildman–Crippen LogP) is 1.50. The molecule has 0 N–H and O–H groups in total. The molecule has 0 saturated heterocycles. The molecule has 0 bridgehead atoms. The monoisotopic (exact) mass is 178 g/mol. The Hall–Kier alpha value is 0.470. The minimum Gasteiger partial charge on any atom is -0.0729 e. The van der Waals surface area contributed by atoms with Gasteiger partial charge in [-0.25, -0.2) is 0 Å². The molecule has 0 nitrogen and oxygen atoms in total. The molecule has 0 heterocycles. The second-order valence-corrected chi connectivity index (χ2v) is 2.84. The number of hydrogen-bond donors (Lipinski definition) is 0. The molecular weight excluding hydrogens is 175 g/mol. The summed E-state index contributed by atoms with van der Waals surface area (Å²) in [4.78, 5) is 0. The highest BCUT2D eigenvalue weighted by Crippen LogP contribution is 2.59. The number of rotatable bonds is 0. The first-order chi connectivity index (χ1) is 2.39. The lowest BCUT2D eigenvalue weighted by atomic mass is 10.3. The summed E-state index contributed by atoms with van der Waals surface area (Å²) in [5.74, 6) is 0. The highest BCUT2D eigenvalue weighted by molar-refractivity contribution is 14.1. The maximum absolute atomic E-state index is 2.46. The van der Waals surface area contributed by atoms with Crippen LogP contribution >= 0.6 is 22.6 Å². The Labute approximate surface area is 44.4 Å². The Morgan fingerprint density at radius 3 is 2.00 bits per heavy atom. The Morgan fingerprint density at radius 2 is 2.00 bits per heavy atom.